The number of nitrogens with two attached hydrogens (primary N) is 1. The largest absolute Gasteiger partial charge is 0.355 e. The van der Waals surface area contributed by atoms with E-state index in [-0.39, 0.29) is 23.8 Å². The van der Waals surface area contributed by atoms with Crippen molar-refractivity contribution in [2.45, 2.75) is 38.6 Å². The fourth-order valence-electron chi connectivity index (χ4n) is 2.94. The maximum absolute atomic E-state index is 12.5. The van der Waals surface area contributed by atoms with Crippen molar-refractivity contribution in [2.24, 2.45) is 17.6 Å². The second kappa shape index (κ2) is 5.69. The summed E-state index contributed by atoms with van der Waals surface area (Å²) in [7, 11) is 0. The lowest BCUT2D eigenvalue weighted by molar-refractivity contribution is -0.141. The highest BCUT2D eigenvalue weighted by Crippen LogP contribution is 2.25. The molecule has 0 spiro atoms. The van der Waals surface area contributed by atoms with Crippen molar-refractivity contribution in [1.82, 2.24) is 10.2 Å². The Balaban J connectivity index is 1.96. The summed E-state index contributed by atoms with van der Waals surface area (Å²) in [4.78, 5) is 25.5. The number of hydrogen-bond donors (Lipinski definition) is 2. The van der Waals surface area contributed by atoms with Crippen LogP contribution >= 0.6 is 0 Å². The van der Waals surface area contributed by atoms with Gasteiger partial charge in [-0.15, -0.1) is 0 Å². The SMILES string of the molecule is CC1CCN(C(=O)C2CCC(=O)NC2)C(CN)C1. The molecule has 2 amide bonds. The van der Waals surface area contributed by atoms with Gasteiger partial charge in [0.25, 0.3) is 0 Å². The molecular formula is C13H23N3O2. The second-order valence-electron chi connectivity index (χ2n) is 5.59. The number of nitrogens with zero attached hydrogens (tertiary/aromatic N) is 1. The first kappa shape index (κ1) is 13.3. The molecule has 2 aliphatic heterocycles. The Bertz CT molecular complexity index is 322. The van der Waals surface area contributed by atoms with E-state index in [2.05, 4.69) is 12.2 Å². The molecule has 3 N–H and O–H groups in total. The molecular weight excluding hydrogens is 230 g/mol. The minimum absolute atomic E-state index is 0.0508. The Morgan fingerprint density at radius 3 is 2.89 bits per heavy atom. The summed E-state index contributed by atoms with van der Waals surface area (Å²) in [5.74, 6) is 0.831. The summed E-state index contributed by atoms with van der Waals surface area (Å²) in [5.41, 5.74) is 5.78. The van der Waals surface area contributed by atoms with Crippen LogP contribution in [0.1, 0.15) is 32.6 Å². The van der Waals surface area contributed by atoms with Crippen molar-refractivity contribution in [3.05, 3.63) is 0 Å². The van der Waals surface area contributed by atoms with E-state index in [1.165, 1.54) is 0 Å². The van der Waals surface area contributed by atoms with E-state index in [0.29, 0.717) is 31.8 Å². The van der Waals surface area contributed by atoms with Gasteiger partial charge in [-0.3, -0.25) is 9.59 Å². The lowest BCUT2D eigenvalue weighted by Crippen LogP contribution is -2.53. The molecule has 0 aliphatic carbocycles. The lowest BCUT2D eigenvalue weighted by Gasteiger charge is -2.40. The van der Waals surface area contributed by atoms with E-state index in [4.69, 9.17) is 5.73 Å². The first-order chi connectivity index (χ1) is 8.61. The van der Waals surface area contributed by atoms with Gasteiger partial charge in [-0.2, -0.15) is 0 Å². The first-order valence-corrected chi connectivity index (χ1v) is 6.89. The standard InChI is InChI=1S/C13H23N3O2/c1-9-4-5-16(11(6-9)7-14)13(18)10-2-3-12(17)15-8-10/h9-11H,2-8,14H2,1H3,(H,15,17). The van der Waals surface area contributed by atoms with Crippen LogP contribution in [0.4, 0.5) is 0 Å². The molecule has 2 heterocycles. The molecule has 0 bridgehead atoms. The molecule has 0 aromatic rings. The van der Waals surface area contributed by atoms with Crippen molar-refractivity contribution < 1.29 is 9.59 Å². The predicted octanol–water partition coefficient (Wildman–Crippen LogP) is 0.0984. The zero-order valence-corrected chi connectivity index (χ0v) is 11.0. The summed E-state index contributed by atoms with van der Waals surface area (Å²) in [5, 5.41) is 2.78. The molecule has 3 unspecified atom stereocenters. The quantitative estimate of drug-likeness (QED) is 0.733. The van der Waals surface area contributed by atoms with Crippen molar-refractivity contribution in [1.29, 1.82) is 0 Å². The second-order valence-corrected chi connectivity index (χ2v) is 5.59. The van der Waals surface area contributed by atoms with Crippen LogP contribution in [0.2, 0.25) is 0 Å². The minimum atomic E-state index is -0.0508. The maximum atomic E-state index is 12.5. The fraction of sp³-hybridized carbons (Fsp3) is 0.846. The van der Waals surface area contributed by atoms with Crippen LogP contribution in [0.15, 0.2) is 0 Å². The van der Waals surface area contributed by atoms with Crippen LogP contribution in [0, 0.1) is 11.8 Å². The van der Waals surface area contributed by atoms with E-state index in [1.807, 2.05) is 4.90 Å². The zero-order valence-electron chi connectivity index (χ0n) is 11.0. The molecule has 0 aromatic heterocycles. The smallest absolute Gasteiger partial charge is 0.227 e. The van der Waals surface area contributed by atoms with E-state index in [1.54, 1.807) is 0 Å². The molecule has 2 rings (SSSR count). The topological polar surface area (TPSA) is 75.4 Å². The monoisotopic (exact) mass is 253 g/mol. The lowest BCUT2D eigenvalue weighted by atomic mass is 9.89. The van der Waals surface area contributed by atoms with Crippen LogP contribution in [0.25, 0.3) is 0 Å². The van der Waals surface area contributed by atoms with Gasteiger partial charge in [0.1, 0.15) is 0 Å². The molecule has 5 nitrogen and oxygen atoms in total. The van der Waals surface area contributed by atoms with E-state index < -0.39 is 0 Å². The average Bonchev–Trinajstić information content (AvgIpc) is 2.38. The number of likely N-dealkylation sites (tertiary alicyclic amines) is 1. The van der Waals surface area contributed by atoms with Gasteiger partial charge < -0.3 is 16.0 Å². The highest BCUT2D eigenvalue weighted by molar-refractivity contribution is 5.84. The molecule has 0 saturated carbocycles. The summed E-state index contributed by atoms with van der Waals surface area (Å²) >= 11 is 0. The van der Waals surface area contributed by atoms with Crippen LogP contribution in [-0.4, -0.2) is 42.4 Å². The van der Waals surface area contributed by atoms with Gasteiger partial charge in [0.15, 0.2) is 0 Å². The van der Waals surface area contributed by atoms with Gasteiger partial charge in [-0.25, -0.2) is 0 Å². The van der Waals surface area contributed by atoms with Gasteiger partial charge in [0.05, 0.1) is 5.92 Å². The maximum Gasteiger partial charge on any atom is 0.227 e. The number of nitrogens with one attached hydrogen (secondary N) is 1. The highest BCUT2D eigenvalue weighted by Gasteiger charge is 2.34. The molecule has 3 atom stereocenters. The predicted molar refractivity (Wildman–Crippen MR) is 68.7 cm³/mol. The third-order valence-corrected chi connectivity index (χ3v) is 4.15. The van der Waals surface area contributed by atoms with Gasteiger partial charge >= 0.3 is 0 Å². The van der Waals surface area contributed by atoms with Crippen molar-refractivity contribution >= 4 is 11.8 Å². The van der Waals surface area contributed by atoms with Crippen molar-refractivity contribution in [3.8, 4) is 0 Å². The van der Waals surface area contributed by atoms with E-state index in [0.717, 1.165) is 19.4 Å². The Hall–Kier alpha value is -1.10. The summed E-state index contributed by atoms with van der Waals surface area (Å²) in [6, 6.07) is 0.180. The average molecular weight is 253 g/mol. The van der Waals surface area contributed by atoms with E-state index >= 15 is 0 Å². The van der Waals surface area contributed by atoms with Gasteiger partial charge in [-0.1, -0.05) is 6.92 Å². The third-order valence-electron chi connectivity index (χ3n) is 4.15. The molecule has 18 heavy (non-hydrogen) atoms. The number of hydrogen-bond acceptors (Lipinski definition) is 3. The third kappa shape index (κ3) is 2.83. The number of piperidine rings is 2. The normalized spacial score (nSPS) is 33.1. The van der Waals surface area contributed by atoms with Gasteiger partial charge in [0, 0.05) is 32.1 Å². The van der Waals surface area contributed by atoms with Crippen molar-refractivity contribution in [3.63, 3.8) is 0 Å². The first-order valence-electron chi connectivity index (χ1n) is 6.89. The van der Waals surface area contributed by atoms with Crippen LogP contribution < -0.4 is 11.1 Å². The molecule has 2 saturated heterocycles. The Morgan fingerprint density at radius 1 is 1.50 bits per heavy atom. The highest BCUT2D eigenvalue weighted by atomic mass is 16.2. The van der Waals surface area contributed by atoms with Gasteiger partial charge in [-0.05, 0) is 25.2 Å². The Labute approximate surface area is 108 Å². The summed E-state index contributed by atoms with van der Waals surface area (Å²) < 4.78 is 0. The molecule has 2 fully saturated rings. The molecule has 102 valence electrons. The van der Waals surface area contributed by atoms with Crippen LogP contribution in [0.3, 0.4) is 0 Å². The van der Waals surface area contributed by atoms with E-state index in [9.17, 15) is 9.59 Å². The number of rotatable bonds is 2. The Kier molecular flexibility index (Phi) is 4.22. The number of carbonyl (C=O) groups is 2. The van der Waals surface area contributed by atoms with Crippen molar-refractivity contribution in [2.75, 3.05) is 19.6 Å². The number of amides is 2. The fourth-order valence-corrected chi connectivity index (χ4v) is 2.94. The number of carbonyl (C=O) groups excluding carboxylic acids is 2. The molecule has 5 heteroatoms. The van der Waals surface area contributed by atoms with Crippen LogP contribution in [-0.2, 0) is 9.59 Å². The molecule has 0 radical (unpaired) electrons. The summed E-state index contributed by atoms with van der Waals surface area (Å²) in [6.45, 7) is 4.05. The summed E-state index contributed by atoms with van der Waals surface area (Å²) in [6.07, 6.45) is 3.20. The molecule has 0 aromatic carbocycles. The van der Waals surface area contributed by atoms with Crippen LogP contribution in [0.5, 0.6) is 0 Å². The van der Waals surface area contributed by atoms with Gasteiger partial charge in [0.2, 0.25) is 11.8 Å². The Morgan fingerprint density at radius 2 is 2.28 bits per heavy atom. The zero-order chi connectivity index (χ0) is 13.1. The minimum Gasteiger partial charge on any atom is -0.355 e. The molecule has 2 aliphatic rings.